The Hall–Kier alpha value is -2.17. The van der Waals surface area contributed by atoms with Crippen molar-refractivity contribution >= 4 is 11.0 Å². The Bertz CT molecular complexity index is 749. The Morgan fingerprint density at radius 2 is 1.95 bits per heavy atom. The van der Waals surface area contributed by atoms with E-state index in [4.69, 9.17) is 10.3 Å². The van der Waals surface area contributed by atoms with E-state index < -0.39 is 0 Å². The molecule has 0 bridgehead atoms. The maximum atomic E-state index is 13.0. The van der Waals surface area contributed by atoms with Crippen molar-refractivity contribution in [3.63, 3.8) is 0 Å². The van der Waals surface area contributed by atoms with Gasteiger partial charge in [0.1, 0.15) is 17.2 Å². The van der Waals surface area contributed by atoms with Crippen LogP contribution in [0.3, 0.4) is 0 Å². The number of hydrazine groups is 1. The molecule has 4 heteroatoms. The van der Waals surface area contributed by atoms with Gasteiger partial charge in [-0.15, -0.1) is 0 Å². The van der Waals surface area contributed by atoms with Crippen LogP contribution in [0.4, 0.5) is 4.39 Å². The Labute approximate surface area is 122 Å². The predicted octanol–water partition coefficient (Wildman–Crippen LogP) is 3.63. The molecule has 2 aromatic carbocycles. The molecule has 3 rings (SSSR count). The van der Waals surface area contributed by atoms with Crippen molar-refractivity contribution in [1.29, 1.82) is 0 Å². The number of fused-ring (bicyclic) bond motifs is 1. The summed E-state index contributed by atoms with van der Waals surface area (Å²) in [5.41, 5.74) is 5.75. The number of rotatable bonds is 4. The van der Waals surface area contributed by atoms with Gasteiger partial charge in [0.2, 0.25) is 0 Å². The van der Waals surface area contributed by atoms with Crippen LogP contribution >= 0.6 is 0 Å². The lowest BCUT2D eigenvalue weighted by Gasteiger charge is -2.13. The first-order valence-corrected chi connectivity index (χ1v) is 6.87. The Kier molecular flexibility index (Phi) is 3.73. The van der Waals surface area contributed by atoms with Gasteiger partial charge in [-0.2, -0.15) is 0 Å². The SMILES string of the molecule is Cc1cccc2cc(C(Cc3ccc(F)cc3)NN)oc12. The fourth-order valence-corrected chi connectivity index (χ4v) is 2.50. The van der Waals surface area contributed by atoms with Gasteiger partial charge in [0.25, 0.3) is 0 Å². The zero-order valence-electron chi connectivity index (χ0n) is 11.8. The number of hydrogen-bond donors (Lipinski definition) is 2. The highest BCUT2D eigenvalue weighted by atomic mass is 19.1. The summed E-state index contributed by atoms with van der Waals surface area (Å²) in [5.74, 6) is 6.20. The predicted molar refractivity (Wildman–Crippen MR) is 81.1 cm³/mol. The summed E-state index contributed by atoms with van der Waals surface area (Å²) in [7, 11) is 0. The van der Waals surface area contributed by atoms with Gasteiger partial charge in [0.05, 0.1) is 6.04 Å². The quantitative estimate of drug-likeness (QED) is 0.568. The number of nitrogens with one attached hydrogen (secondary N) is 1. The maximum absolute atomic E-state index is 13.0. The molecule has 0 saturated heterocycles. The summed E-state index contributed by atoms with van der Waals surface area (Å²) in [5, 5.41) is 1.06. The van der Waals surface area contributed by atoms with Crippen LogP contribution in [-0.2, 0) is 6.42 Å². The summed E-state index contributed by atoms with van der Waals surface area (Å²) in [4.78, 5) is 0. The first kappa shape index (κ1) is 13.8. The molecular formula is C17H17FN2O. The fraction of sp³-hybridized carbons (Fsp3) is 0.176. The molecular weight excluding hydrogens is 267 g/mol. The maximum Gasteiger partial charge on any atom is 0.137 e. The molecule has 0 amide bonds. The normalized spacial score (nSPS) is 12.7. The van der Waals surface area contributed by atoms with Crippen molar-refractivity contribution in [3.8, 4) is 0 Å². The summed E-state index contributed by atoms with van der Waals surface area (Å²) in [6.45, 7) is 2.01. The molecule has 0 aliphatic rings. The van der Waals surface area contributed by atoms with Crippen molar-refractivity contribution in [2.24, 2.45) is 5.84 Å². The standard InChI is InChI=1S/C17H17FN2O/c1-11-3-2-4-13-10-16(21-17(11)13)15(20-19)9-12-5-7-14(18)8-6-12/h2-8,10,15,20H,9,19H2,1H3. The zero-order valence-corrected chi connectivity index (χ0v) is 11.8. The van der Waals surface area contributed by atoms with E-state index in [2.05, 4.69) is 5.43 Å². The third-order valence-corrected chi connectivity index (χ3v) is 3.66. The van der Waals surface area contributed by atoms with Gasteiger partial charge >= 0.3 is 0 Å². The van der Waals surface area contributed by atoms with Gasteiger partial charge in [0, 0.05) is 5.39 Å². The van der Waals surface area contributed by atoms with E-state index in [1.165, 1.54) is 12.1 Å². The number of benzene rings is 2. The highest BCUT2D eigenvalue weighted by Gasteiger charge is 2.16. The molecule has 1 unspecified atom stereocenters. The lowest BCUT2D eigenvalue weighted by Crippen LogP contribution is -2.29. The number of hydrogen-bond acceptors (Lipinski definition) is 3. The molecule has 0 aliphatic carbocycles. The Balaban J connectivity index is 1.90. The van der Waals surface area contributed by atoms with Gasteiger partial charge in [-0.3, -0.25) is 5.84 Å². The van der Waals surface area contributed by atoms with Crippen LogP contribution in [0.15, 0.2) is 52.9 Å². The second-order valence-corrected chi connectivity index (χ2v) is 5.19. The van der Waals surface area contributed by atoms with Gasteiger partial charge in [0.15, 0.2) is 0 Å². The average molecular weight is 284 g/mol. The van der Waals surface area contributed by atoms with Crippen LogP contribution in [0.5, 0.6) is 0 Å². The van der Waals surface area contributed by atoms with Crippen LogP contribution in [0.1, 0.15) is 22.9 Å². The van der Waals surface area contributed by atoms with E-state index in [0.29, 0.717) is 6.42 Å². The number of halogens is 1. The molecule has 0 spiro atoms. The van der Waals surface area contributed by atoms with E-state index in [-0.39, 0.29) is 11.9 Å². The lowest BCUT2D eigenvalue weighted by atomic mass is 10.0. The van der Waals surface area contributed by atoms with Crippen LogP contribution < -0.4 is 11.3 Å². The van der Waals surface area contributed by atoms with Crippen LogP contribution in [0.2, 0.25) is 0 Å². The fourth-order valence-electron chi connectivity index (χ4n) is 2.50. The molecule has 1 heterocycles. The number of furan rings is 1. The summed E-state index contributed by atoms with van der Waals surface area (Å²) < 4.78 is 18.9. The van der Waals surface area contributed by atoms with Gasteiger partial charge in [-0.25, -0.2) is 9.82 Å². The minimum atomic E-state index is -0.240. The van der Waals surface area contributed by atoms with E-state index in [1.54, 1.807) is 12.1 Å². The Morgan fingerprint density at radius 1 is 1.19 bits per heavy atom. The smallest absolute Gasteiger partial charge is 0.137 e. The summed E-state index contributed by atoms with van der Waals surface area (Å²) in [6.07, 6.45) is 0.635. The van der Waals surface area contributed by atoms with E-state index in [0.717, 1.165) is 27.9 Å². The summed E-state index contributed by atoms with van der Waals surface area (Å²) >= 11 is 0. The first-order chi connectivity index (χ1) is 10.2. The molecule has 0 aliphatic heterocycles. The van der Waals surface area contributed by atoms with Crippen molar-refractivity contribution in [2.45, 2.75) is 19.4 Å². The molecule has 0 radical (unpaired) electrons. The minimum Gasteiger partial charge on any atom is -0.459 e. The molecule has 21 heavy (non-hydrogen) atoms. The second kappa shape index (κ2) is 5.68. The van der Waals surface area contributed by atoms with Gasteiger partial charge in [-0.1, -0.05) is 30.3 Å². The minimum absolute atomic E-state index is 0.151. The third kappa shape index (κ3) is 2.82. The Morgan fingerprint density at radius 3 is 2.62 bits per heavy atom. The zero-order chi connectivity index (χ0) is 14.8. The largest absolute Gasteiger partial charge is 0.459 e. The number of para-hydroxylation sites is 1. The summed E-state index contributed by atoms with van der Waals surface area (Å²) in [6, 6.07) is 14.3. The first-order valence-electron chi connectivity index (χ1n) is 6.87. The molecule has 1 aromatic heterocycles. The van der Waals surface area contributed by atoms with E-state index >= 15 is 0 Å². The average Bonchev–Trinajstić information content (AvgIpc) is 2.92. The van der Waals surface area contributed by atoms with Crippen LogP contribution in [-0.4, -0.2) is 0 Å². The van der Waals surface area contributed by atoms with Crippen LogP contribution in [0, 0.1) is 12.7 Å². The molecule has 1 atom stereocenters. The van der Waals surface area contributed by atoms with Gasteiger partial charge in [-0.05, 0) is 42.7 Å². The van der Waals surface area contributed by atoms with Crippen molar-refractivity contribution in [3.05, 3.63) is 71.2 Å². The van der Waals surface area contributed by atoms with Crippen molar-refractivity contribution in [2.75, 3.05) is 0 Å². The molecule has 3 nitrogen and oxygen atoms in total. The molecule has 3 aromatic rings. The van der Waals surface area contributed by atoms with E-state index in [1.807, 2.05) is 31.2 Å². The van der Waals surface area contributed by atoms with Gasteiger partial charge < -0.3 is 4.42 Å². The third-order valence-electron chi connectivity index (χ3n) is 3.66. The molecule has 0 fully saturated rings. The molecule has 3 N–H and O–H groups in total. The molecule has 0 saturated carbocycles. The number of nitrogens with two attached hydrogens (primary N) is 1. The monoisotopic (exact) mass is 284 g/mol. The van der Waals surface area contributed by atoms with Crippen LogP contribution in [0.25, 0.3) is 11.0 Å². The topological polar surface area (TPSA) is 51.2 Å². The lowest BCUT2D eigenvalue weighted by molar-refractivity contribution is 0.434. The highest BCUT2D eigenvalue weighted by Crippen LogP contribution is 2.27. The van der Waals surface area contributed by atoms with Crippen molar-refractivity contribution < 1.29 is 8.81 Å². The molecule has 108 valence electrons. The van der Waals surface area contributed by atoms with Crippen molar-refractivity contribution in [1.82, 2.24) is 5.43 Å². The number of aryl methyl sites for hydroxylation is 1. The van der Waals surface area contributed by atoms with E-state index in [9.17, 15) is 4.39 Å². The highest BCUT2D eigenvalue weighted by molar-refractivity contribution is 5.81. The second-order valence-electron chi connectivity index (χ2n) is 5.19.